The van der Waals surface area contributed by atoms with Crippen molar-refractivity contribution in [1.29, 1.82) is 0 Å². The first kappa shape index (κ1) is 28.0. The van der Waals surface area contributed by atoms with Gasteiger partial charge < -0.3 is 4.90 Å². The summed E-state index contributed by atoms with van der Waals surface area (Å²) in [5.41, 5.74) is 13.2. The van der Waals surface area contributed by atoms with Gasteiger partial charge in [-0.15, -0.1) is 0 Å². The van der Waals surface area contributed by atoms with E-state index in [0.717, 1.165) is 28.2 Å². The maximum absolute atomic E-state index is 4.13. The van der Waals surface area contributed by atoms with Crippen LogP contribution in [0.2, 0.25) is 0 Å². The van der Waals surface area contributed by atoms with Crippen molar-refractivity contribution in [2.75, 3.05) is 4.90 Å². The second-order valence-electron chi connectivity index (χ2n) is 11.6. The molecule has 6 aromatic carbocycles. The lowest BCUT2D eigenvalue weighted by atomic mass is 9.82. The molecule has 1 nitrogen and oxygen atoms in total. The number of rotatable bonds is 6. The summed E-state index contributed by atoms with van der Waals surface area (Å²) in [7, 11) is 0. The van der Waals surface area contributed by atoms with Gasteiger partial charge in [-0.2, -0.15) is 0 Å². The predicted octanol–water partition coefficient (Wildman–Crippen LogP) is 12.1. The van der Waals surface area contributed by atoms with E-state index in [-0.39, 0.29) is 12.8 Å². The average molecular weight is 556 g/mol. The van der Waals surface area contributed by atoms with Crippen molar-refractivity contribution in [3.05, 3.63) is 169 Å². The van der Waals surface area contributed by atoms with Crippen LogP contribution in [-0.2, 0) is 5.41 Å². The molecule has 0 N–H and O–H groups in total. The van der Waals surface area contributed by atoms with E-state index < -0.39 is 0 Å². The number of nitrogens with zero attached hydrogens (tertiary/aromatic N) is 1. The maximum atomic E-state index is 4.13. The van der Waals surface area contributed by atoms with Crippen molar-refractivity contribution in [1.82, 2.24) is 0 Å². The Balaban J connectivity index is 0.00000329. The highest BCUT2D eigenvalue weighted by molar-refractivity contribution is 5.96. The molecule has 0 radical (unpaired) electrons. The summed E-state index contributed by atoms with van der Waals surface area (Å²) in [6.45, 7) is 12.7. The fourth-order valence-electron chi connectivity index (χ4n) is 6.40. The molecule has 0 bridgehead atoms. The van der Waals surface area contributed by atoms with Gasteiger partial charge in [0.1, 0.15) is 0 Å². The number of fused-ring (bicyclic) bond motifs is 4. The summed E-state index contributed by atoms with van der Waals surface area (Å²) in [6, 6.07) is 48.4. The van der Waals surface area contributed by atoms with E-state index in [4.69, 9.17) is 0 Å². The van der Waals surface area contributed by atoms with E-state index in [1.807, 2.05) is 0 Å². The monoisotopic (exact) mass is 555 g/mol. The summed E-state index contributed by atoms with van der Waals surface area (Å²) in [4.78, 5) is 2.33. The Labute approximate surface area is 256 Å². The van der Waals surface area contributed by atoms with Gasteiger partial charge in [0.2, 0.25) is 0 Å². The standard InChI is InChI=1S/C41H33N.CH4/c1-5-28(2)29-15-20-34(21-16-29)42(35-22-17-31(18-23-35)30-11-7-6-8-12-30)36-24-19-32-27-40-38(26-33(32)25-36)37-13-9-10-14-39(37)41(40,3)4;/h5-27H,1-2H2,3-4H3;1H4. The van der Waals surface area contributed by atoms with Crippen LogP contribution in [0.15, 0.2) is 153 Å². The van der Waals surface area contributed by atoms with Crippen molar-refractivity contribution in [3.63, 3.8) is 0 Å². The van der Waals surface area contributed by atoms with Crippen LogP contribution < -0.4 is 4.90 Å². The largest absolute Gasteiger partial charge is 0.310 e. The van der Waals surface area contributed by atoms with Crippen molar-refractivity contribution < 1.29 is 0 Å². The van der Waals surface area contributed by atoms with E-state index in [9.17, 15) is 0 Å². The summed E-state index contributed by atoms with van der Waals surface area (Å²) in [5, 5.41) is 2.50. The van der Waals surface area contributed by atoms with Crippen LogP contribution in [0.5, 0.6) is 0 Å². The first-order chi connectivity index (χ1) is 20.4. The fourth-order valence-corrected chi connectivity index (χ4v) is 6.40. The van der Waals surface area contributed by atoms with Gasteiger partial charge in [-0.25, -0.2) is 0 Å². The molecule has 0 amide bonds. The average Bonchev–Trinajstić information content (AvgIpc) is 3.26. The van der Waals surface area contributed by atoms with Gasteiger partial charge in [-0.1, -0.05) is 125 Å². The molecular weight excluding hydrogens is 518 g/mol. The first-order valence-corrected chi connectivity index (χ1v) is 14.5. The zero-order valence-corrected chi connectivity index (χ0v) is 24.1. The highest BCUT2D eigenvalue weighted by Crippen LogP contribution is 2.50. The van der Waals surface area contributed by atoms with Crippen molar-refractivity contribution in [2.45, 2.75) is 26.7 Å². The number of anilines is 3. The SMILES string of the molecule is C.C=CC(=C)c1ccc(N(c2ccc(-c3ccccc3)cc2)c2ccc3cc4c(cc3c2)-c2ccccc2C4(C)C)cc1. The highest BCUT2D eigenvalue weighted by Gasteiger charge is 2.35. The van der Waals surface area contributed by atoms with Crippen LogP contribution in [0.25, 0.3) is 38.6 Å². The molecule has 0 aromatic heterocycles. The minimum absolute atomic E-state index is 0. The second kappa shape index (κ2) is 10.9. The molecule has 0 unspecified atom stereocenters. The molecule has 0 heterocycles. The van der Waals surface area contributed by atoms with E-state index in [1.165, 1.54) is 44.2 Å². The van der Waals surface area contributed by atoms with Gasteiger partial charge in [-0.05, 0) is 104 Å². The second-order valence-corrected chi connectivity index (χ2v) is 11.6. The van der Waals surface area contributed by atoms with Crippen LogP contribution in [0, 0.1) is 0 Å². The molecular formula is C42H37N. The highest BCUT2D eigenvalue weighted by atomic mass is 15.1. The Morgan fingerprint density at radius 3 is 1.88 bits per heavy atom. The lowest BCUT2D eigenvalue weighted by molar-refractivity contribution is 0.661. The van der Waals surface area contributed by atoms with Crippen LogP contribution >= 0.6 is 0 Å². The molecule has 7 rings (SSSR count). The topological polar surface area (TPSA) is 3.24 Å². The molecule has 43 heavy (non-hydrogen) atoms. The minimum atomic E-state index is -0.0114. The molecule has 0 saturated heterocycles. The van der Waals surface area contributed by atoms with Gasteiger partial charge >= 0.3 is 0 Å². The zero-order valence-electron chi connectivity index (χ0n) is 24.1. The summed E-state index contributed by atoms with van der Waals surface area (Å²) in [6.07, 6.45) is 1.80. The van der Waals surface area contributed by atoms with Crippen LogP contribution in [0.4, 0.5) is 17.1 Å². The molecule has 0 spiro atoms. The summed E-state index contributed by atoms with van der Waals surface area (Å²) >= 11 is 0. The van der Waals surface area contributed by atoms with Crippen LogP contribution in [-0.4, -0.2) is 0 Å². The van der Waals surface area contributed by atoms with Gasteiger partial charge in [0.25, 0.3) is 0 Å². The van der Waals surface area contributed by atoms with Crippen molar-refractivity contribution in [3.8, 4) is 22.3 Å². The van der Waals surface area contributed by atoms with Gasteiger partial charge in [0.05, 0.1) is 0 Å². The molecule has 6 aromatic rings. The molecule has 1 aliphatic rings. The Morgan fingerprint density at radius 1 is 0.581 bits per heavy atom. The lowest BCUT2D eigenvalue weighted by Crippen LogP contribution is -2.14. The van der Waals surface area contributed by atoms with Gasteiger partial charge in [0, 0.05) is 22.5 Å². The Kier molecular flexibility index (Phi) is 7.12. The third kappa shape index (κ3) is 4.77. The smallest absolute Gasteiger partial charge is 0.0468 e. The molecule has 0 aliphatic heterocycles. The van der Waals surface area contributed by atoms with Crippen molar-refractivity contribution in [2.24, 2.45) is 0 Å². The number of hydrogen-bond acceptors (Lipinski definition) is 1. The van der Waals surface area contributed by atoms with Crippen molar-refractivity contribution >= 4 is 33.4 Å². The molecule has 1 aliphatic carbocycles. The molecule has 0 fully saturated rings. The van der Waals surface area contributed by atoms with Crippen LogP contribution in [0.1, 0.15) is 38.0 Å². The fraction of sp³-hybridized carbons (Fsp3) is 0.0952. The van der Waals surface area contributed by atoms with E-state index in [0.29, 0.717) is 0 Å². The third-order valence-electron chi connectivity index (χ3n) is 8.76. The molecule has 0 atom stereocenters. The quantitative estimate of drug-likeness (QED) is 0.185. The van der Waals surface area contributed by atoms with Gasteiger partial charge in [-0.3, -0.25) is 0 Å². The lowest BCUT2D eigenvalue weighted by Gasteiger charge is -2.26. The Morgan fingerprint density at radius 2 is 1.19 bits per heavy atom. The predicted molar refractivity (Wildman–Crippen MR) is 188 cm³/mol. The minimum Gasteiger partial charge on any atom is -0.310 e. The Bertz CT molecular complexity index is 1960. The van der Waals surface area contributed by atoms with Crippen LogP contribution in [0.3, 0.4) is 0 Å². The van der Waals surface area contributed by atoms with Gasteiger partial charge in [0.15, 0.2) is 0 Å². The Hall–Kier alpha value is -5.14. The third-order valence-corrected chi connectivity index (χ3v) is 8.76. The summed E-state index contributed by atoms with van der Waals surface area (Å²) < 4.78 is 0. The van der Waals surface area contributed by atoms with E-state index in [1.54, 1.807) is 6.08 Å². The summed E-state index contributed by atoms with van der Waals surface area (Å²) in [5.74, 6) is 0. The maximum Gasteiger partial charge on any atom is 0.0468 e. The van der Waals surface area contributed by atoms with E-state index in [2.05, 4.69) is 165 Å². The van der Waals surface area contributed by atoms with E-state index >= 15 is 0 Å². The number of allylic oxidation sites excluding steroid dienone is 2. The zero-order chi connectivity index (χ0) is 28.8. The molecule has 0 saturated carbocycles. The normalized spacial score (nSPS) is 12.6. The molecule has 210 valence electrons. The first-order valence-electron chi connectivity index (χ1n) is 14.5. The molecule has 1 heteroatoms. The number of benzene rings is 6. The number of hydrogen-bond donors (Lipinski definition) is 0.